The number of rotatable bonds is 1. The number of pyridine rings is 1. The summed E-state index contributed by atoms with van der Waals surface area (Å²) in [5, 5.41) is 3.46. The minimum Gasteiger partial charge on any atom is -0.316 e. The van der Waals surface area contributed by atoms with E-state index in [9.17, 15) is 0 Å². The van der Waals surface area contributed by atoms with Gasteiger partial charge in [0.05, 0.1) is 11.9 Å². The molecule has 0 radical (unpaired) electrons. The van der Waals surface area contributed by atoms with Crippen molar-refractivity contribution in [2.45, 2.75) is 6.42 Å². The molecule has 3 nitrogen and oxygen atoms in total. The maximum absolute atomic E-state index is 4.46. The second-order valence-corrected chi connectivity index (χ2v) is 5.05. The maximum atomic E-state index is 4.46. The minimum absolute atomic E-state index is 0.735. The predicted molar refractivity (Wildman–Crippen MR) is 67.6 cm³/mol. The molecule has 2 atom stereocenters. The van der Waals surface area contributed by atoms with Gasteiger partial charge in [-0.15, -0.1) is 0 Å². The van der Waals surface area contributed by atoms with Crippen molar-refractivity contribution in [1.29, 1.82) is 0 Å². The summed E-state index contributed by atoms with van der Waals surface area (Å²) in [4.78, 5) is 4.46. The molecule has 2 aliphatic rings. The van der Waals surface area contributed by atoms with Crippen LogP contribution < -0.4 is 5.32 Å². The molecule has 17 heavy (non-hydrogen) atoms. The summed E-state index contributed by atoms with van der Waals surface area (Å²) in [5.41, 5.74) is 3.79. The Labute approximate surface area is 100 Å². The van der Waals surface area contributed by atoms with Crippen LogP contribution in [0, 0.1) is 11.8 Å². The zero-order chi connectivity index (χ0) is 11.2. The Morgan fingerprint density at radius 2 is 2.29 bits per heavy atom. The molecule has 1 saturated heterocycles. The molecule has 0 saturated carbocycles. The molecule has 0 bridgehead atoms. The highest BCUT2D eigenvalue weighted by Gasteiger charge is 2.32. The summed E-state index contributed by atoms with van der Waals surface area (Å²) in [6.45, 7) is 2.31. The third-order valence-corrected chi connectivity index (χ3v) is 4.04. The number of aromatic nitrogens is 2. The molecular formula is C14H15N3. The number of hydrogen-bond donors (Lipinski definition) is 1. The van der Waals surface area contributed by atoms with Crippen LogP contribution in [0.15, 0.2) is 36.7 Å². The third kappa shape index (κ3) is 1.35. The molecule has 1 aliphatic heterocycles. The van der Waals surface area contributed by atoms with E-state index in [4.69, 9.17) is 0 Å². The Morgan fingerprint density at radius 3 is 3.24 bits per heavy atom. The first-order valence-corrected chi connectivity index (χ1v) is 6.26. The lowest BCUT2D eigenvalue weighted by Gasteiger charge is -2.06. The lowest BCUT2D eigenvalue weighted by Crippen LogP contribution is -2.09. The van der Waals surface area contributed by atoms with E-state index in [0.717, 1.165) is 24.0 Å². The fourth-order valence-electron chi connectivity index (χ4n) is 3.14. The average molecular weight is 225 g/mol. The molecule has 4 rings (SSSR count). The van der Waals surface area contributed by atoms with E-state index < -0.39 is 0 Å². The molecule has 0 amide bonds. The smallest absolute Gasteiger partial charge is 0.137 e. The molecule has 1 N–H and O–H groups in total. The number of allylic oxidation sites excluding steroid dienone is 1. The van der Waals surface area contributed by atoms with Crippen LogP contribution in [0.1, 0.15) is 12.1 Å². The van der Waals surface area contributed by atoms with E-state index in [0.29, 0.717) is 0 Å². The highest BCUT2D eigenvalue weighted by molar-refractivity contribution is 5.68. The summed E-state index contributed by atoms with van der Waals surface area (Å²) < 4.78 is 2.19. The maximum Gasteiger partial charge on any atom is 0.137 e. The van der Waals surface area contributed by atoms with Crippen molar-refractivity contribution in [2.24, 2.45) is 11.8 Å². The highest BCUT2D eigenvalue weighted by Crippen LogP contribution is 2.38. The third-order valence-electron chi connectivity index (χ3n) is 4.04. The Kier molecular flexibility index (Phi) is 1.91. The van der Waals surface area contributed by atoms with Crippen LogP contribution in [-0.2, 0) is 0 Å². The zero-order valence-corrected chi connectivity index (χ0v) is 9.63. The number of hydrogen-bond acceptors (Lipinski definition) is 2. The number of nitrogens with zero attached hydrogens (tertiary/aromatic N) is 2. The van der Waals surface area contributed by atoms with Gasteiger partial charge in [0.2, 0.25) is 0 Å². The van der Waals surface area contributed by atoms with Crippen molar-refractivity contribution in [1.82, 2.24) is 14.7 Å². The molecule has 0 unspecified atom stereocenters. The van der Waals surface area contributed by atoms with E-state index in [1.165, 1.54) is 24.2 Å². The second-order valence-electron chi connectivity index (χ2n) is 5.05. The van der Waals surface area contributed by atoms with Crippen LogP contribution in [0.4, 0.5) is 0 Å². The molecule has 0 spiro atoms. The summed E-state index contributed by atoms with van der Waals surface area (Å²) in [5.74, 6) is 1.54. The van der Waals surface area contributed by atoms with Crippen molar-refractivity contribution in [3.05, 3.63) is 42.4 Å². The number of nitrogens with one attached hydrogen (secondary N) is 1. The number of imidazole rings is 1. The van der Waals surface area contributed by atoms with E-state index in [-0.39, 0.29) is 0 Å². The summed E-state index contributed by atoms with van der Waals surface area (Å²) in [7, 11) is 0. The molecule has 2 aromatic heterocycles. The lowest BCUT2D eigenvalue weighted by molar-refractivity contribution is 0.536. The van der Waals surface area contributed by atoms with Crippen LogP contribution in [-0.4, -0.2) is 22.5 Å². The zero-order valence-electron chi connectivity index (χ0n) is 9.63. The molecule has 1 aliphatic carbocycles. The monoisotopic (exact) mass is 225 g/mol. The first kappa shape index (κ1) is 9.42. The molecule has 3 heteroatoms. The topological polar surface area (TPSA) is 29.3 Å². The predicted octanol–water partition coefficient (Wildman–Crippen LogP) is 1.96. The van der Waals surface area contributed by atoms with E-state index in [1.807, 2.05) is 12.3 Å². The van der Waals surface area contributed by atoms with Gasteiger partial charge < -0.3 is 9.72 Å². The van der Waals surface area contributed by atoms with E-state index in [2.05, 4.69) is 39.1 Å². The van der Waals surface area contributed by atoms with Gasteiger partial charge in [-0.1, -0.05) is 12.1 Å². The van der Waals surface area contributed by atoms with Gasteiger partial charge in [-0.25, -0.2) is 4.98 Å². The Morgan fingerprint density at radius 1 is 1.29 bits per heavy atom. The highest BCUT2D eigenvalue weighted by atomic mass is 15.0. The summed E-state index contributed by atoms with van der Waals surface area (Å²) in [6, 6.07) is 6.16. The van der Waals surface area contributed by atoms with Gasteiger partial charge in [0.1, 0.15) is 5.65 Å². The van der Waals surface area contributed by atoms with Crippen molar-refractivity contribution >= 4 is 11.2 Å². The molecule has 86 valence electrons. The van der Waals surface area contributed by atoms with Crippen LogP contribution in [0.2, 0.25) is 0 Å². The first-order chi connectivity index (χ1) is 8.42. The summed E-state index contributed by atoms with van der Waals surface area (Å²) in [6.07, 6.45) is 7.75. The lowest BCUT2D eigenvalue weighted by atomic mass is 9.99. The Balaban J connectivity index is 1.80. The SMILES string of the molecule is C1=C(c2cnc3ccccn23)C[C@H]2CNC[C@@H]12. The fourth-order valence-corrected chi connectivity index (χ4v) is 3.14. The van der Waals surface area contributed by atoms with Crippen LogP contribution in [0.3, 0.4) is 0 Å². The van der Waals surface area contributed by atoms with Gasteiger partial charge in [-0.2, -0.15) is 0 Å². The normalized spacial score (nSPS) is 27.4. The first-order valence-electron chi connectivity index (χ1n) is 6.26. The standard InChI is InChI=1S/C14H15N3/c1-2-4-17-13(9-16-14(17)3-1)10-5-11-7-15-8-12(11)6-10/h1-5,9,11-12,15H,6-8H2/t11-,12+/m1/s1. The van der Waals surface area contributed by atoms with Crippen LogP contribution >= 0.6 is 0 Å². The Bertz CT molecular complexity index is 596. The fraction of sp³-hybridized carbons (Fsp3) is 0.357. The minimum atomic E-state index is 0.735. The average Bonchev–Trinajstić information content (AvgIpc) is 3.01. The van der Waals surface area contributed by atoms with Crippen molar-refractivity contribution in [3.63, 3.8) is 0 Å². The molecule has 1 fully saturated rings. The van der Waals surface area contributed by atoms with E-state index >= 15 is 0 Å². The Hall–Kier alpha value is -1.61. The van der Waals surface area contributed by atoms with Gasteiger partial charge in [0.25, 0.3) is 0 Å². The van der Waals surface area contributed by atoms with Crippen LogP contribution in [0.5, 0.6) is 0 Å². The second kappa shape index (κ2) is 3.44. The number of fused-ring (bicyclic) bond motifs is 2. The van der Waals surface area contributed by atoms with Crippen LogP contribution in [0.25, 0.3) is 11.2 Å². The van der Waals surface area contributed by atoms with Gasteiger partial charge in [0, 0.05) is 12.7 Å². The van der Waals surface area contributed by atoms with Crippen molar-refractivity contribution in [2.75, 3.05) is 13.1 Å². The van der Waals surface area contributed by atoms with Crippen molar-refractivity contribution < 1.29 is 0 Å². The van der Waals surface area contributed by atoms with Crippen molar-refractivity contribution in [3.8, 4) is 0 Å². The quantitative estimate of drug-likeness (QED) is 0.804. The molecule has 2 aromatic rings. The van der Waals surface area contributed by atoms with Gasteiger partial charge in [-0.05, 0) is 42.5 Å². The molecular weight excluding hydrogens is 210 g/mol. The van der Waals surface area contributed by atoms with Gasteiger partial charge in [0.15, 0.2) is 0 Å². The summed E-state index contributed by atoms with van der Waals surface area (Å²) >= 11 is 0. The molecule has 0 aromatic carbocycles. The molecule has 3 heterocycles. The largest absolute Gasteiger partial charge is 0.316 e. The van der Waals surface area contributed by atoms with Gasteiger partial charge in [-0.3, -0.25) is 0 Å². The van der Waals surface area contributed by atoms with Gasteiger partial charge >= 0.3 is 0 Å². The van der Waals surface area contributed by atoms with E-state index in [1.54, 1.807) is 0 Å².